The Kier molecular flexibility index (Phi) is 3.08. The molecule has 1 heterocycles. The molecule has 1 aromatic rings. The largest absolute Gasteiger partial charge is 0.508 e. The van der Waals surface area contributed by atoms with Crippen molar-refractivity contribution < 1.29 is 14.6 Å². The highest BCUT2D eigenvalue weighted by molar-refractivity contribution is 5.70. The van der Waals surface area contributed by atoms with Gasteiger partial charge >= 0.3 is 5.97 Å². The highest BCUT2D eigenvalue weighted by atomic mass is 16.5. The third kappa shape index (κ3) is 1.93. The molecule has 0 unspecified atom stereocenters. The van der Waals surface area contributed by atoms with Crippen LogP contribution in [-0.4, -0.2) is 17.2 Å². The fourth-order valence-electron chi connectivity index (χ4n) is 6.71. The molecule has 24 heavy (non-hydrogen) atoms. The van der Waals surface area contributed by atoms with E-state index in [1.807, 2.05) is 12.1 Å². The van der Waals surface area contributed by atoms with Crippen LogP contribution in [0.4, 0.5) is 0 Å². The van der Waals surface area contributed by atoms with Gasteiger partial charge in [-0.05, 0) is 85.5 Å². The van der Waals surface area contributed by atoms with Gasteiger partial charge in [0.2, 0.25) is 0 Å². The summed E-state index contributed by atoms with van der Waals surface area (Å²) in [5.41, 5.74) is 3.00. The van der Waals surface area contributed by atoms with Crippen LogP contribution in [0.25, 0.3) is 0 Å². The van der Waals surface area contributed by atoms with Crippen molar-refractivity contribution in [3.8, 4) is 5.75 Å². The number of carbonyl (C=O) groups excluding carboxylic acids is 1. The maximum absolute atomic E-state index is 11.9. The van der Waals surface area contributed by atoms with Crippen molar-refractivity contribution in [1.82, 2.24) is 0 Å². The van der Waals surface area contributed by atoms with E-state index in [9.17, 15) is 9.90 Å². The summed E-state index contributed by atoms with van der Waals surface area (Å²) >= 11 is 0. The number of benzene rings is 1. The van der Waals surface area contributed by atoms with Crippen LogP contribution < -0.4 is 0 Å². The number of hydrogen-bond acceptors (Lipinski definition) is 3. The van der Waals surface area contributed by atoms with Gasteiger partial charge in [-0.3, -0.25) is 4.79 Å². The van der Waals surface area contributed by atoms with Crippen LogP contribution in [0.15, 0.2) is 18.2 Å². The molecule has 0 aromatic heterocycles. The van der Waals surface area contributed by atoms with Crippen molar-refractivity contribution >= 4 is 5.97 Å². The van der Waals surface area contributed by atoms with Crippen molar-refractivity contribution in [3.05, 3.63) is 29.3 Å². The summed E-state index contributed by atoms with van der Waals surface area (Å²) in [6.45, 7) is 2.39. The maximum atomic E-state index is 11.9. The molecule has 5 rings (SSSR count). The fourth-order valence-corrected chi connectivity index (χ4v) is 6.71. The second-order valence-electron chi connectivity index (χ2n) is 8.79. The molecule has 1 N–H and O–H groups in total. The van der Waals surface area contributed by atoms with Crippen LogP contribution in [0, 0.1) is 23.2 Å². The van der Waals surface area contributed by atoms with Gasteiger partial charge in [0.1, 0.15) is 11.9 Å². The molecule has 1 aliphatic heterocycles. The summed E-state index contributed by atoms with van der Waals surface area (Å²) in [5, 5.41) is 9.79. The summed E-state index contributed by atoms with van der Waals surface area (Å²) in [5.74, 6) is 3.02. The minimum Gasteiger partial charge on any atom is -0.508 e. The number of fused-ring (bicyclic) bond motifs is 7. The highest BCUT2D eigenvalue weighted by Crippen LogP contribution is 2.64. The lowest BCUT2D eigenvalue weighted by Gasteiger charge is -2.50. The molecule has 3 nitrogen and oxygen atoms in total. The third-order valence-electron chi connectivity index (χ3n) is 7.76. The number of rotatable bonds is 0. The third-order valence-corrected chi connectivity index (χ3v) is 7.76. The average molecular weight is 326 g/mol. The first kappa shape index (κ1) is 14.8. The van der Waals surface area contributed by atoms with E-state index in [1.54, 1.807) is 0 Å². The molecular weight excluding hydrogens is 300 g/mol. The van der Waals surface area contributed by atoms with E-state index in [2.05, 4.69) is 13.0 Å². The van der Waals surface area contributed by atoms with Gasteiger partial charge in [-0.25, -0.2) is 0 Å². The van der Waals surface area contributed by atoms with Gasteiger partial charge in [-0.1, -0.05) is 13.0 Å². The van der Waals surface area contributed by atoms with E-state index in [0.29, 0.717) is 35.8 Å². The van der Waals surface area contributed by atoms with Gasteiger partial charge in [0.15, 0.2) is 0 Å². The summed E-state index contributed by atoms with van der Waals surface area (Å²) < 4.78 is 5.88. The Morgan fingerprint density at radius 3 is 2.96 bits per heavy atom. The predicted octanol–water partition coefficient (Wildman–Crippen LogP) is 4.18. The van der Waals surface area contributed by atoms with Gasteiger partial charge in [0.05, 0.1) is 0 Å². The van der Waals surface area contributed by atoms with E-state index in [1.165, 1.54) is 30.4 Å². The molecule has 0 bridgehead atoms. The summed E-state index contributed by atoms with van der Waals surface area (Å²) in [7, 11) is 0. The molecule has 3 aliphatic carbocycles. The zero-order valence-corrected chi connectivity index (χ0v) is 14.3. The maximum Gasteiger partial charge on any atom is 0.306 e. The molecule has 0 spiro atoms. The van der Waals surface area contributed by atoms with Crippen LogP contribution in [-0.2, 0) is 16.0 Å². The SMILES string of the molecule is C[C@]12CC[C@@H]3c4ccc(O)cc4CC[C@H]3[C@@H]1C[C@H]1CCC(=O)O[C@H]12. The van der Waals surface area contributed by atoms with E-state index in [0.717, 1.165) is 19.3 Å². The Morgan fingerprint density at radius 2 is 2.08 bits per heavy atom. The van der Waals surface area contributed by atoms with Crippen LogP contribution in [0.5, 0.6) is 5.75 Å². The number of hydrogen-bond donors (Lipinski definition) is 1. The smallest absolute Gasteiger partial charge is 0.306 e. The first-order valence-corrected chi connectivity index (χ1v) is 9.57. The van der Waals surface area contributed by atoms with Crippen molar-refractivity contribution in [2.45, 2.75) is 63.9 Å². The van der Waals surface area contributed by atoms with Crippen molar-refractivity contribution in [1.29, 1.82) is 0 Å². The standard InChI is InChI=1S/C21H26O3/c1-21-9-8-16-15-6-4-14(22)10-12(15)2-5-17(16)18(21)11-13-3-7-19(23)24-20(13)21/h4,6,10,13,16-18,20,22H,2-3,5,7-9,11H2,1H3/t13-,16-,17-,18+,20-,21+/m1/s1. The molecule has 3 heteroatoms. The fraction of sp³-hybridized carbons (Fsp3) is 0.667. The second-order valence-corrected chi connectivity index (χ2v) is 8.79. The summed E-state index contributed by atoms with van der Waals surface area (Å²) in [6.07, 6.45) is 7.68. The van der Waals surface area contributed by atoms with Crippen LogP contribution in [0.3, 0.4) is 0 Å². The molecular formula is C21H26O3. The van der Waals surface area contributed by atoms with Gasteiger partial charge in [-0.15, -0.1) is 0 Å². The summed E-state index contributed by atoms with van der Waals surface area (Å²) in [4.78, 5) is 11.9. The predicted molar refractivity (Wildman–Crippen MR) is 90.7 cm³/mol. The Hall–Kier alpha value is -1.51. The quantitative estimate of drug-likeness (QED) is 0.728. The van der Waals surface area contributed by atoms with Gasteiger partial charge in [0, 0.05) is 11.8 Å². The molecule has 1 saturated heterocycles. The zero-order valence-electron chi connectivity index (χ0n) is 14.3. The number of phenolic OH excluding ortho intramolecular Hbond substituents is 1. The Balaban J connectivity index is 1.49. The van der Waals surface area contributed by atoms with E-state index in [4.69, 9.17) is 4.74 Å². The van der Waals surface area contributed by atoms with Crippen LogP contribution in [0.1, 0.15) is 62.5 Å². The van der Waals surface area contributed by atoms with Gasteiger partial charge in [0.25, 0.3) is 0 Å². The first-order valence-electron chi connectivity index (χ1n) is 9.57. The van der Waals surface area contributed by atoms with Crippen molar-refractivity contribution in [2.75, 3.05) is 0 Å². The second kappa shape index (κ2) is 5.00. The molecule has 128 valence electrons. The lowest BCUT2D eigenvalue weighted by Crippen LogP contribution is -2.46. The first-order chi connectivity index (χ1) is 11.6. The Morgan fingerprint density at radius 1 is 1.21 bits per heavy atom. The number of carbonyl (C=O) groups is 1. The minimum atomic E-state index is 0.0183. The number of esters is 1. The monoisotopic (exact) mass is 326 g/mol. The van der Waals surface area contributed by atoms with Crippen LogP contribution >= 0.6 is 0 Å². The number of aromatic hydroxyl groups is 1. The van der Waals surface area contributed by atoms with E-state index < -0.39 is 0 Å². The summed E-state index contributed by atoms with van der Waals surface area (Å²) in [6, 6.07) is 5.98. The molecule has 3 fully saturated rings. The topological polar surface area (TPSA) is 46.5 Å². The molecule has 4 aliphatic rings. The molecule has 2 saturated carbocycles. The molecule has 1 aromatic carbocycles. The lowest BCUT2D eigenvalue weighted by molar-refractivity contribution is -0.167. The zero-order chi connectivity index (χ0) is 16.5. The molecule has 6 atom stereocenters. The number of phenols is 1. The van der Waals surface area contributed by atoms with E-state index >= 15 is 0 Å². The average Bonchev–Trinajstić information content (AvgIpc) is 2.87. The molecule has 0 radical (unpaired) electrons. The van der Waals surface area contributed by atoms with Gasteiger partial charge < -0.3 is 9.84 Å². The Bertz CT molecular complexity index is 696. The van der Waals surface area contributed by atoms with Crippen molar-refractivity contribution in [2.24, 2.45) is 23.2 Å². The van der Waals surface area contributed by atoms with Crippen molar-refractivity contribution in [3.63, 3.8) is 0 Å². The number of aryl methyl sites for hydroxylation is 1. The van der Waals surface area contributed by atoms with Crippen LogP contribution in [0.2, 0.25) is 0 Å². The van der Waals surface area contributed by atoms with E-state index in [-0.39, 0.29) is 17.5 Å². The molecule has 0 amide bonds. The normalized spacial score (nSPS) is 43.2. The van der Waals surface area contributed by atoms with Gasteiger partial charge in [-0.2, -0.15) is 0 Å². The lowest BCUT2D eigenvalue weighted by atomic mass is 9.55. The minimum absolute atomic E-state index is 0.0183. The number of ether oxygens (including phenoxy) is 1. The highest BCUT2D eigenvalue weighted by Gasteiger charge is 2.60. The Labute approximate surface area is 143 Å².